The van der Waals surface area contributed by atoms with Crippen LogP contribution in [0.2, 0.25) is 0 Å². The molecule has 1 aromatic carbocycles. The van der Waals surface area contributed by atoms with Gasteiger partial charge < -0.3 is 5.32 Å². The summed E-state index contributed by atoms with van der Waals surface area (Å²) in [5.41, 5.74) is 0.915. The van der Waals surface area contributed by atoms with Crippen molar-refractivity contribution in [2.45, 2.75) is 56.1 Å². The number of likely N-dealkylation sites (N-methyl/N-ethyl adjacent to an activating group) is 1. The molecule has 1 unspecified atom stereocenters. The van der Waals surface area contributed by atoms with Crippen LogP contribution in [-0.2, 0) is 5.41 Å². The average Bonchev–Trinajstić information content (AvgIpc) is 3.31. The van der Waals surface area contributed by atoms with Crippen LogP contribution < -0.4 is 5.32 Å². The van der Waals surface area contributed by atoms with Crippen molar-refractivity contribution in [2.75, 3.05) is 13.6 Å². The Morgan fingerprint density at radius 1 is 1.33 bits per heavy atom. The zero-order chi connectivity index (χ0) is 14.9. The standard InChI is InChI=1S/C18H25N3/c1-14(21(2)17-8-9-17)12-20-16-10-18(11-16,13-19)15-6-4-3-5-7-15/h3-7,14,16-17,20H,8-12H2,1-2H3. The van der Waals surface area contributed by atoms with Crippen LogP contribution >= 0.6 is 0 Å². The Hall–Kier alpha value is -1.37. The highest BCUT2D eigenvalue weighted by molar-refractivity contribution is 5.36. The van der Waals surface area contributed by atoms with Crippen LogP contribution in [0, 0.1) is 11.3 Å². The summed E-state index contributed by atoms with van der Waals surface area (Å²) in [7, 11) is 2.23. The summed E-state index contributed by atoms with van der Waals surface area (Å²) in [6.45, 7) is 3.31. The SMILES string of the molecule is CC(CNC1CC(C#N)(c2ccccc2)C1)N(C)C1CC1. The predicted octanol–water partition coefficient (Wildman–Crippen LogP) is 2.68. The normalized spacial score (nSPS) is 29.7. The minimum atomic E-state index is -0.259. The topological polar surface area (TPSA) is 39.1 Å². The molecule has 1 atom stereocenters. The molecule has 0 amide bonds. The molecule has 2 saturated carbocycles. The van der Waals surface area contributed by atoms with E-state index in [1.54, 1.807) is 0 Å². The van der Waals surface area contributed by atoms with Crippen LogP contribution in [0.1, 0.15) is 38.2 Å². The van der Waals surface area contributed by atoms with Crippen molar-refractivity contribution in [3.05, 3.63) is 35.9 Å². The Morgan fingerprint density at radius 2 is 2.00 bits per heavy atom. The Bertz CT molecular complexity index is 509. The average molecular weight is 283 g/mol. The van der Waals surface area contributed by atoms with Gasteiger partial charge in [0.1, 0.15) is 0 Å². The summed E-state index contributed by atoms with van der Waals surface area (Å²) in [5.74, 6) is 0. The van der Waals surface area contributed by atoms with Gasteiger partial charge in [0.25, 0.3) is 0 Å². The molecule has 21 heavy (non-hydrogen) atoms. The lowest BCUT2D eigenvalue weighted by molar-refractivity contribution is 0.190. The molecule has 3 heteroatoms. The third-order valence-corrected chi connectivity index (χ3v) is 5.25. The number of nitrogens with one attached hydrogen (secondary N) is 1. The highest BCUT2D eigenvalue weighted by Crippen LogP contribution is 2.43. The van der Waals surface area contributed by atoms with Gasteiger partial charge in [-0.25, -0.2) is 0 Å². The van der Waals surface area contributed by atoms with E-state index in [0.29, 0.717) is 12.1 Å². The van der Waals surface area contributed by atoms with E-state index in [4.69, 9.17) is 0 Å². The first-order valence-electron chi connectivity index (χ1n) is 8.07. The molecule has 2 fully saturated rings. The van der Waals surface area contributed by atoms with E-state index in [1.165, 1.54) is 18.4 Å². The fourth-order valence-corrected chi connectivity index (χ4v) is 3.40. The van der Waals surface area contributed by atoms with Gasteiger partial charge >= 0.3 is 0 Å². The number of hydrogen-bond acceptors (Lipinski definition) is 3. The van der Waals surface area contributed by atoms with Gasteiger partial charge in [-0.2, -0.15) is 5.26 Å². The summed E-state index contributed by atoms with van der Waals surface area (Å²) < 4.78 is 0. The zero-order valence-electron chi connectivity index (χ0n) is 13.0. The van der Waals surface area contributed by atoms with Crippen molar-refractivity contribution in [2.24, 2.45) is 0 Å². The van der Waals surface area contributed by atoms with Crippen LogP contribution in [0.5, 0.6) is 0 Å². The second kappa shape index (κ2) is 5.79. The fraction of sp³-hybridized carbons (Fsp3) is 0.611. The molecule has 0 bridgehead atoms. The van der Waals surface area contributed by atoms with Gasteiger partial charge in [0.05, 0.1) is 11.5 Å². The molecule has 3 nitrogen and oxygen atoms in total. The van der Waals surface area contributed by atoms with E-state index in [0.717, 1.165) is 25.4 Å². The maximum absolute atomic E-state index is 9.57. The Balaban J connectivity index is 1.49. The molecular weight excluding hydrogens is 258 g/mol. The smallest absolute Gasteiger partial charge is 0.0852 e. The third kappa shape index (κ3) is 2.97. The maximum Gasteiger partial charge on any atom is 0.0852 e. The van der Waals surface area contributed by atoms with Gasteiger partial charge in [-0.05, 0) is 45.2 Å². The highest BCUT2D eigenvalue weighted by Gasteiger charge is 2.45. The number of nitriles is 1. The van der Waals surface area contributed by atoms with Crippen LogP contribution in [0.4, 0.5) is 0 Å². The first kappa shape index (κ1) is 14.6. The maximum atomic E-state index is 9.57. The Labute approximate surface area is 128 Å². The van der Waals surface area contributed by atoms with E-state index >= 15 is 0 Å². The molecule has 0 aliphatic heterocycles. The van der Waals surface area contributed by atoms with Crippen LogP contribution in [0.3, 0.4) is 0 Å². The van der Waals surface area contributed by atoms with Gasteiger partial charge in [0.15, 0.2) is 0 Å². The minimum absolute atomic E-state index is 0.259. The lowest BCUT2D eigenvalue weighted by Crippen LogP contribution is -2.53. The van der Waals surface area contributed by atoms with Crippen molar-refractivity contribution in [1.82, 2.24) is 10.2 Å². The van der Waals surface area contributed by atoms with Gasteiger partial charge in [-0.3, -0.25) is 4.90 Å². The van der Waals surface area contributed by atoms with Gasteiger partial charge in [-0.1, -0.05) is 30.3 Å². The molecule has 0 aromatic heterocycles. The molecule has 0 radical (unpaired) electrons. The van der Waals surface area contributed by atoms with Crippen molar-refractivity contribution in [1.29, 1.82) is 5.26 Å². The summed E-state index contributed by atoms with van der Waals surface area (Å²) in [6.07, 6.45) is 4.59. The summed E-state index contributed by atoms with van der Waals surface area (Å²) in [6, 6.07) is 14.7. The van der Waals surface area contributed by atoms with Crippen LogP contribution in [0.15, 0.2) is 30.3 Å². The third-order valence-electron chi connectivity index (χ3n) is 5.25. The zero-order valence-corrected chi connectivity index (χ0v) is 13.0. The van der Waals surface area contributed by atoms with Gasteiger partial charge in [-0.15, -0.1) is 0 Å². The molecular formula is C18H25N3. The number of hydrogen-bond donors (Lipinski definition) is 1. The number of nitrogens with zero attached hydrogens (tertiary/aromatic N) is 2. The highest BCUT2D eigenvalue weighted by atomic mass is 15.2. The molecule has 0 saturated heterocycles. The van der Waals surface area contributed by atoms with Crippen molar-refractivity contribution in [3.8, 4) is 6.07 Å². The lowest BCUT2D eigenvalue weighted by Gasteiger charge is -2.44. The quantitative estimate of drug-likeness (QED) is 0.872. The lowest BCUT2D eigenvalue weighted by atomic mass is 9.62. The second-order valence-corrected chi connectivity index (χ2v) is 6.82. The molecule has 112 valence electrons. The monoisotopic (exact) mass is 283 g/mol. The van der Waals surface area contributed by atoms with Crippen LogP contribution in [-0.4, -0.2) is 36.6 Å². The van der Waals surface area contributed by atoms with Gasteiger partial charge in [0, 0.05) is 24.7 Å². The largest absolute Gasteiger partial charge is 0.312 e. The van der Waals surface area contributed by atoms with E-state index in [-0.39, 0.29) is 5.41 Å². The molecule has 2 aliphatic carbocycles. The predicted molar refractivity (Wildman–Crippen MR) is 85.0 cm³/mol. The summed E-state index contributed by atoms with van der Waals surface area (Å²) >= 11 is 0. The van der Waals surface area contributed by atoms with Gasteiger partial charge in [0.2, 0.25) is 0 Å². The molecule has 0 heterocycles. The molecule has 2 aliphatic rings. The van der Waals surface area contributed by atoms with E-state index in [1.807, 2.05) is 18.2 Å². The number of rotatable bonds is 6. The first-order valence-corrected chi connectivity index (χ1v) is 8.07. The minimum Gasteiger partial charge on any atom is -0.312 e. The van der Waals surface area contributed by atoms with E-state index < -0.39 is 0 Å². The van der Waals surface area contributed by atoms with Crippen molar-refractivity contribution >= 4 is 0 Å². The Kier molecular flexibility index (Phi) is 4.01. The molecule has 3 rings (SSSR count). The Morgan fingerprint density at radius 3 is 2.57 bits per heavy atom. The number of benzene rings is 1. The van der Waals surface area contributed by atoms with Crippen molar-refractivity contribution in [3.63, 3.8) is 0 Å². The van der Waals surface area contributed by atoms with E-state index in [2.05, 4.69) is 42.4 Å². The first-order chi connectivity index (χ1) is 10.1. The molecule has 1 aromatic rings. The summed E-state index contributed by atoms with van der Waals surface area (Å²) in [5, 5.41) is 13.2. The fourth-order valence-electron chi connectivity index (χ4n) is 3.40. The van der Waals surface area contributed by atoms with E-state index in [9.17, 15) is 5.26 Å². The second-order valence-electron chi connectivity index (χ2n) is 6.82. The molecule has 1 N–H and O–H groups in total. The van der Waals surface area contributed by atoms with Crippen LogP contribution in [0.25, 0.3) is 0 Å². The van der Waals surface area contributed by atoms with Crippen molar-refractivity contribution < 1.29 is 0 Å². The molecule has 0 spiro atoms. The summed E-state index contributed by atoms with van der Waals surface area (Å²) in [4.78, 5) is 2.49.